The van der Waals surface area contributed by atoms with Crippen LogP contribution in [0.15, 0.2) is 40.9 Å². The molecule has 0 aliphatic carbocycles. The molecule has 2 rings (SSSR count). The van der Waals surface area contributed by atoms with Gasteiger partial charge < -0.3 is 0 Å². The summed E-state index contributed by atoms with van der Waals surface area (Å²) in [5, 5.41) is -0.0207. The Labute approximate surface area is 105 Å². The van der Waals surface area contributed by atoms with E-state index in [4.69, 9.17) is 11.6 Å². The Hall–Kier alpha value is -0.930. The van der Waals surface area contributed by atoms with Crippen LogP contribution in [0.25, 0.3) is 11.1 Å². The maximum absolute atomic E-state index is 13.7. The molecular formula is C12H6BrClF2. The molecule has 0 N–H and O–H groups in total. The number of benzene rings is 2. The van der Waals surface area contributed by atoms with Gasteiger partial charge in [-0.05, 0) is 18.2 Å². The molecule has 16 heavy (non-hydrogen) atoms. The number of halogens is 4. The van der Waals surface area contributed by atoms with Gasteiger partial charge in [-0.25, -0.2) is 8.78 Å². The molecule has 2 aromatic rings. The largest absolute Gasteiger partial charge is 0.206 e. The molecule has 0 heterocycles. The highest BCUT2D eigenvalue weighted by molar-refractivity contribution is 9.10. The van der Waals surface area contributed by atoms with Crippen molar-refractivity contribution in [2.75, 3.05) is 0 Å². The normalized spacial score (nSPS) is 10.5. The second kappa shape index (κ2) is 4.52. The highest BCUT2D eigenvalue weighted by Gasteiger charge is 2.14. The third-order valence-electron chi connectivity index (χ3n) is 2.18. The van der Waals surface area contributed by atoms with Gasteiger partial charge in [-0.3, -0.25) is 0 Å². The van der Waals surface area contributed by atoms with Crippen molar-refractivity contribution < 1.29 is 8.78 Å². The Morgan fingerprint density at radius 1 is 1.00 bits per heavy atom. The topological polar surface area (TPSA) is 0 Å². The van der Waals surface area contributed by atoms with Gasteiger partial charge in [0.15, 0.2) is 0 Å². The summed E-state index contributed by atoms with van der Waals surface area (Å²) in [6, 6.07) is 8.98. The summed E-state index contributed by atoms with van der Waals surface area (Å²) >= 11 is 8.85. The number of rotatable bonds is 1. The van der Waals surface area contributed by atoms with Gasteiger partial charge in [0.1, 0.15) is 11.6 Å². The van der Waals surface area contributed by atoms with E-state index in [9.17, 15) is 8.78 Å². The smallest absolute Gasteiger partial charge is 0.149 e. The minimum Gasteiger partial charge on any atom is -0.206 e. The Morgan fingerprint density at radius 2 is 1.69 bits per heavy atom. The van der Waals surface area contributed by atoms with Crippen molar-refractivity contribution >= 4 is 27.5 Å². The van der Waals surface area contributed by atoms with Crippen LogP contribution in [-0.2, 0) is 0 Å². The molecule has 0 saturated heterocycles. The van der Waals surface area contributed by atoms with Crippen LogP contribution in [0.1, 0.15) is 0 Å². The average molecular weight is 304 g/mol. The molecule has 0 aliphatic heterocycles. The van der Waals surface area contributed by atoms with E-state index >= 15 is 0 Å². The van der Waals surface area contributed by atoms with Gasteiger partial charge in [-0.15, -0.1) is 0 Å². The molecule has 82 valence electrons. The first-order chi connectivity index (χ1) is 7.61. The van der Waals surface area contributed by atoms with Crippen LogP contribution < -0.4 is 0 Å². The van der Waals surface area contributed by atoms with Crippen LogP contribution in [-0.4, -0.2) is 0 Å². The van der Waals surface area contributed by atoms with Crippen LogP contribution in [0.2, 0.25) is 5.02 Å². The van der Waals surface area contributed by atoms with E-state index in [0.717, 1.165) is 0 Å². The van der Waals surface area contributed by atoms with Crippen molar-refractivity contribution in [3.8, 4) is 11.1 Å². The molecule has 0 bridgehead atoms. The van der Waals surface area contributed by atoms with Crippen LogP contribution >= 0.6 is 27.5 Å². The number of hydrogen-bond acceptors (Lipinski definition) is 0. The molecule has 0 nitrogen and oxygen atoms in total. The summed E-state index contributed by atoms with van der Waals surface area (Å²) in [5.41, 5.74) is 0.333. The van der Waals surface area contributed by atoms with Crippen LogP contribution in [0.5, 0.6) is 0 Å². The van der Waals surface area contributed by atoms with Crippen molar-refractivity contribution in [1.82, 2.24) is 0 Å². The summed E-state index contributed by atoms with van der Waals surface area (Å²) in [6.07, 6.45) is 0. The fraction of sp³-hybridized carbons (Fsp3) is 0. The second-order valence-electron chi connectivity index (χ2n) is 3.20. The van der Waals surface area contributed by atoms with Crippen molar-refractivity contribution in [2.45, 2.75) is 0 Å². The molecule has 0 fully saturated rings. The third kappa shape index (κ3) is 1.97. The lowest BCUT2D eigenvalue weighted by Gasteiger charge is -2.08. The molecule has 0 aliphatic rings. The molecule has 0 amide bonds. The summed E-state index contributed by atoms with van der Waals surface area (Å²) in [5.74, 6) is -1.11. The fourth-order valence-electron chi connectivity index (χ4n) is 1.45. The quantitative estimate of drug-likeness (QED) is 0.692. The lowest BCUT2D eigenvalue weighted by Crippen LogP contribution is -1.90. The first kappa shape index (κ1) is 11.6. The first-order valence-electron chi connectivity index (χ1n) is 4.49. The Bertz CT molecular complexity index is 520. The first-order valence-corrected chi connectivity index (χ1v) is 5.66. The standard InChI is InChI=1S/C12H6BrClF2/c13-8-4-2-6-10(15)11(8)7-3-1-5-9(14)12(7)16/h1-6H. The fourth-order valence-corrected chi connectivity index (χ4v) is 2.18. The van der Waals surface area contributed by atoms with Crippen molar-refractivity contribution in [3.05, 3.63) is 57.5 Å². The van der Waals surface area contributed by atoms with E-state index in [0.29, 0.717) is 4.47 Å². The monoisotopic (exact) mass is 302 g/mol. The third-order valence-corrected chi connectivity index (χ3v) is 3.14. The van der Waals surface area contributed by atoms with E-state index in [2.05, 4.69) is 15.9 Å². The summed E-state index contributed by atoms with van der Waals surface area (Å²) < 4.78 is 27.8. The van der Waals surface area contributed by atoms with Crippen molar-refractivity contribution in [2.24, 2.45) is 0 Å². The molecule has 2 aromatic carbocycles. The predicted molar refractivity (Wildman–Crippen MR) is 64.5 cm³/mol. The second-order valence-corrected chi connectivity index (χ2v) is 4.46. The van der Waals surface area contributed by atoms with Crippen LogP contribution in [0, 0.1) is 11.6 Å². The average Bonchev–Trinajstić information content (AvgIpc) is 2.24. The zero-order valence-electron chi connectivity index (χ0n) is 7.98. The predicted octanol–water partition coefficient (Wildman–Crippen LogP) is 5.05. The molecule has 0 atom stereocenters. The molecule has 0 aromatic heterocycles. The van der Waals surface area contributed by atoms with Gasteiger partial charge in [-0.2, -0.15) is 0 Å². The Morgan fingerprint density at radius 3 is 2.38 bits per heavy atom. The van der Waals surface area contributed by atoms with Gasteiger partial charge in [0.25, 0.3) is 0 Å². The maximum atomic E-state index is 13.7. The number of hydrogen-bond donors (Lipinski definition) is 0. The SMILES string of the molecule is Fc1cccc(Br)c1-c1cccc(Cl)c1F. The van der Waals surface area contributed by atoms with Gasteiger partial charge in [0, 0.05) is 15.6 Å². The summed E-state index contributed by atoms with van der Waals surface area (Å²) in [6.45, 7) is 0. The molecule has 0 radical (unpaired) electrons. The lowest BCUT2D eigenvalue weighted by atomic mass is 10.0. The van der Waals surface area contributed by atoms with Crippen LogP contribution in [0.3, 0.4) is 0 Å². The molecule has 4 heteroatoms. The zero-order chi connectivity index (χ0) is 11.7. The van der Waals surface area contributed by atoms with E-state index in [-0.39, 0.29) is 16.1 Å². The minimum atomic E-state index is -0.616. The molecular weight excluding hydrogens is 297 g/mol. The lowest BCUT2D eigenvalue weighted by molar-refractivity contribution is 0.616. The molecule has 0 unspecified atom stereocenters. The highest BCUT2D eigenvalue weighted by Crippen LogP contribution is 2.34. The van der Waals surface area contributed by atoms with E-state index in [1.54, 1.807) is 18.2 Å². The van der Waals surface area contributed by atoms with Gasteiger partial charge in [0.05, 0.1) is 5.02 Å². The highest BCUT2D eigenvalue weighted by atomic mass is 79.9. The summed E-state index contributed by atoms with van der Waals surface area (Å²) in [7, 11) is 0. The van der Waals surface area contributed by atoms with E-state index < -0.39 is 11.6 Å². The van der Waals surface area contributed by atoms with E-state index in [1.807, 2.05) is 0 Å². The maximum Gasteiger partial charge on any atom is 0.149 e. The van der Waals surface area contributed by atoms with Gasteiger partial charge in [-0.1, -0.05) is 45.7 Å². The van der Waals surface area contributed by atoms with Gasteiger partial charge in [0.2, 0.25) is 0 Å². The van der Waals surface area contributed by atoms with E-state index in [1.165, 1.54) is 18.2 Å². The summed E-state index contributed by atoms with van der Waals surface area (Å²) in [4.78, 5) is 0. The van der Waals surface area contributed by atoms with Crippen molar-refractivity contribution in [3.63, 3.8) is 0 Å². The minimum absolute atomic E-state index is 0.0207. The zero-order valence-corrected chi connectivity index (χ0v) is 10.3. The Kier molecular flexibility index (Phi) is 3.26. The van der Waals surface area contributed by atoms with Crippen molar-refractivity contribution in [1.29, 1.82) is 0 Å². The van der Waals surface area contributed by atoms with Crippen LogP contribution in [0.4, 0.5) is 8.78 Å². The molecule has 0 saturated carbocycles. The van der Waals surface area contributed by atoms with Gasteiger partial charge >= 0.3 is 0 Å². The Balaban J connectivity index is 2.73. The molecule has 0 spiro atoms.